The van der Waals surface area contributed by atoms with Gasteiger partial charge in [0.05, 0.1) is 11.9 Å². The third-order valence-corrected chi connectivity index (χ3v) is 3.62. The molecule has 1 atom stereocenters. The summed E-state index contributed by atoms with van der Waals surface area (Å²) in [6, 6.07) is 15.3. The van der Waals surface area contributed by atoms with Gasteiger partial charge < -0.3 is 10.1 Å². The second-order valence-electron chi connectivity index (χ2n) is 5.01. The number of imidazole rings is 1. The molecule has 0 saturated carbocycles. The van der Waals surface area contributed by atoms with Gasteiger partial charge in [0, 0.05) is 5.02 Å². The maximum atomic E-state index is 10.4. The van der Waals surface area contributed by atoms with Crippen LogP contribution in [0.15, 0.2) is 54.7 Å². The molecule has 0 radical (unpaired) electrons. The molecule has 0 aliphatic heterocycles. The van der Waals surface area contributed by atoms with E-state index in [1.807, 2.05) is 43.3 Å². The number of aliphatic hydroxyl groups excluding tert-OH is 1. The normalized spacial score (nSPS) is 12.3. The van der Waals surface area contributed by atoms with Crippen LogP contribution in [-0.2, 0) is 0 Å². The number of rotatable bonds is 3. The molecule has 0 amide bonds. The summed E-state index contributed by atoms with van der Waals surface area (Å²) < 4.78 is 0. The summed E-state index contributed by atoms with van der Waals surface area (Å²) in [5.74, 6) is 0.507. The summed E-state index contributed by atoms with van der Waals surface area (Å²) in [4.78, 5) is 7.43. The van der Waals surface area contributed by atoms with Crippen molar-refractivity contribution in [1.29, 1.82) is 0 Å². The molecule has 0 fully saturated rings. The molecule has 3 nitrogen and oxygen atoms in total. The molecular formula is C17H15ClN2O. The molecule has 21 heavy (non-hydrogen) atoms. The molecule has 0 spiro atoms. The molecule has 4 heteroatoms. The minimum absolute atomic E-state index is 0.507. The second-order valence-corrected chi connectivity index (χ2v) is 5.44. The Morgan fingerprint density at radius 3 is 2.62 bits per heavy atom. The largest absolute Gasteiger partial charge is 0.380 e. The Morgan fingerprint density at radius 2 is 1.90 bits per heavy atom. The number of nitrogens with one attached hydrogen (secondary N) is 1. The van der Waals surface area contributed by atoms with Crippen LogP contribution < -0.4 is 0 Å². The lowest BCUT2D eigenvalue weighted by Crippen LogP contribution is -2.01. The zero-order chi connectivity index (χ0) is 14.8. The van der Waals surface area contributed by atoms with Gasteiger partial charge in [-0.3, -0.25) is 0 Å². The minimum atomic E-state index is -0.817. The number of halogens is 1. The van der Waals surface area contributed by atoms with Gasteiger partial charge in [0.15, 0.2) is 0 Å². The standard InChI is InChI=1S/C17H15ClN2O/c1-11-5-7-12(8-6-11)15-10-19-17(20-15)16(21)13-3-2-4-14(18)9-13/h2-10,16,21H,1H3,(H,19,20). The average molecular weight is 299 g/mol. The molecule has 2 aromatic carbocycles. The molecule has 0 aliphatic carbocycles. The van der Waals surface area contributed by atoms with E-state index in [0.29, 0.717) is 16.4 Å². The molecule has 0 saturated heterocycles. The number of hydrogen-bond acceptors (Lipinski definition) is 2. The van der Waals surface area contributed by atoms with Crippen LogP contribution in [0.2, 0.25) is 5.02 Å². The number of benzene rings is 2. The van der Waals surface area contributed by atoms with E-state index in [1.54, 1.807) is 18.3 Å². The van der Waals surface area contributed by atoms with E-state index in [4.69, 9.17) is 11.6 Å². The van der Waals surface area contributed by atoms with Crippen molar-refractivity contribution in [3.63, 3.8) is 0 Å². The SMILES string of the molecule is Cc1ccc(-c2cnc(C(O)c3cccc(Cl)c3)[nH]2)cc1. The van der Waals surface area contributed by atoms with Crippen molar-refractivity contribution in [3.8, 4) is 11.3 Å². The first-order valence-electron chi connectivity index (χ1n) is 6.69. The van der Waals surface area contributed by atoms with Crippen LogP contribution in [0.1, 0.15) is 23.1 Å². The van der Waals surface area contributed by atoms with Crippen molar-refractivity contribution in [1.82, 2.24) is 9.97 Å². The third-order valence-electron chi connectivity index (χ3n) is 3.38. The maximum Gasteiger partial charge on any atom is 0.140 e. The van der Waals surface area contributed by atoms with Gasteiger partial charge in [-0.2, -0.15) is 0 Å². The second kappa shape index (κ2) is 5.72. The zero-order valence-electron chi connectivity index (χ0n) is 11.5. The first-order valence-corrected chi connectivity index (χ1v) is 7.07. The van der Waals surface area contributed by atoms with E-state index in [9.17, 15) is 5.11 Å². The van der Waals surface area contributed by atoms with E-state index in [1.165, 1.54) is 5.56 Å². The predicted octanol–water partition coefficient (Wildman–Crippen LogP) is 4.12. The zero-order valence-corrected chi connectivity index (χ0v) is 12.3. The summed E-state index contributed by atoms with van der Waals surface area (Å²) in [5.41, 5.74) is 3.84. The lowest BCUT2D eigenvalue weighted by atomic mass is 10.1. The molecule has 2 N–H and O–H groups in total. The predicted molar refractivity (Wildman–Crippen MR) is 84.3 cm³/mol. The Hall–Kier alpha value is -2.10. The maximum absolute atomic E-state index is 10.4. The average Bonchev–Trinajstić information content (AvgIpc) is 2.97. The quantitative estimate of drug-likeness (QED) is 0.764. The van der Waals surface area contributed by atoms with Crippen molar-refractivity contribution in [2.45, 2.75) is 13.0 Å². The fourth-order valence-electron chi connectivity index (χ4n) is 2.19. The van der Waals surface area contributed by atoms with Gasteiger partial charge in [0.25, 0.3) is 0 Å². The minimum Gasteiger partial charge on any atom is -0.380 e. The summed E-state index contributed by atoms with van der Waals surface area (Å²) in [5, 5.41) is 11.0. The van der Waals surface area contributed by atoms with Crippen molar-refractivity contribution in [2.75, 3.05) is 0 Å². The van der Waals surface area contributed by atoms with Gasteiger partial charge in [-0.1, -0.05) is 53.6 Å². The topological polar surface area (TPSA) is 48.9 Å². The number of nitrogens with zero attached hydrogens (tertiary/aromatic N) is 1. The van der Waals surface area contributed by atoms with E-state index < -0.39 is 6.10 Å². The lowest BCUT2D eigenvalue weighted by molar-refractivity contribution is 0.211. The van der Waals surface area contributed by atoms with E-state index in [2.05, 4.69) is 9.97 Å². The summed E-state index contributed by atoms with van der Waals surface area (Å²) in [7, 11) is 0. The van der Waals surface area contributed by atoms with Crippen molar-refractivity contribution >= 4 is 11.6 Å². The van der Waals surface area contributed by atoms with Crippen LogP contribution in [0, 0.1) is 6.92 Å². The summed E-state index contributed by atoms with van der Waals surface area (Å²) in [6.07, 6.45) is 0.913. The highest BCUT2D eigenvalue weighted by atomic mass is 35.5. The molecule has 1 heterocycles. The van der Waals surface area contributed by atoms with Crippen LogP contribution in [0.4, 0.5) is 0 Å². The highest BCUT2D eigenvalue weighted by Gasteiger charge is 2.15. The van der Waals surface area contributed by atoms with E-state index >= 15 is 0 Å². The van der Waals surface area contributed by atoms with Crippen LogP contribution in [0.3, 0.4) is 0 Å². The van der Waals surface area contributed by atoms with Gasteiger partial charge in [-0.25, -0.2) is 4.98 Å². The fourth-order valence-corrected chi connectivity index (χ4v) is 2.39. The van der Waals surface area contributed by atoms with Gasteiger partial charge in [-0.05, 0) is 30.2 Å². The van der Waals surface area contributed by atoms with E-state index in [0.717, 1.165) is 11.3 Å². The molecule has 0 bridgehead atoms. The molecule has 3 aromatic rings. The smallest absolute Gasteiger partial charge is 0.140 e. The van der Waals surface area contributed by atoms with E-state index in [-0.39, 0.29) is 0 Å². The monoisotopic (exact) mass is 298 g/mol. The molecule has 106 valence electrons. The fraction of sp³-hybridized carbons (Fsp3) is 0.118. The summed E-state index contributed by atoms with van der Waals surface area (Å²) >= 11 is 5.95. The third kappa shape index (κ3) is 2.99. The number of aromatic nitrogens is 2. The van der Waals surface area contributed by atoms with Crippen LogP contribution in [-0.4, -0.2) is 15.1 Å². The number of aromatic amines is 1. The Bertz CT molecular complexity index is 749. The number of aryl methyl sites for hydroxylation is 1. The van der Waals surface area contributed by atoms with Gasteiger partial charge >= 0.3 is 0 Å². The first kappa shape index (κ1) is 13.9. The number of hydrogen-bond donors (Lipinski definition) is 2. The molecular weight excluding hydrogens is 284 g/mol. The molecule has 3 rings (SSSR count). The Morgan fingerprint density at radius 1 is 1.14 bits per heavy atom. The van der Waals surface area contributed by atoms with Crippen LogP contribution in [0.5, 0.6) is 0 Å². The van der Waals surface area contributed by atoms with Crippen LogP contribution >= 0.6 is 11.6 Å². The number of H-pyrrole nitrogens is 1. The van der Waals surface area contributed by atoms with Gasteiger partial charge in [0.1, 0.15) is 11.9 Å². The highest BCUT2D eigenvalue weighted by molar-refractivity contribution is 6.30. The van der Waals surface area contributed by atoms with Crippen molar-refractivity contribution < 1.29 is 5.11 Å². The molecule has 0 aliphatic rings. The summed E-state index contributed by atoms with van der Waals surface area (Å²) in [6.45, 7) is 2.05. The van der Waals surface area contributed by atoms with Gasteiger partial charge in [0.2, 0.25) is 0 Å². The van der Waals surface area contributed by atoms with Crippen molar-refractivity contribution in [2.24, 2.45) is 0 Å². The molecule has 1 aromatic heterocycles. The first-order chi connectivity index (χ1) is 10.1. The Kier molecular flexibility index (Phi) is 3.78. The van der Waals surface area contributed by atoms with Crippen LogP contribution in [0.25, 0.3) is 11.3 Å². The highest BCUT2D eigenvalue weighted by Crippen LogP contribution is 2.25. The van der Waals surface area contributed by atoms with Crippen molar-refractivity contribution in [3.05, 3.63) is 76.7 Å². The van der Waals surface area contributed by atoms with Gasteiger partial charge in [-0.15, -0.1) is 0 Å². The number of aliphatic hydroxyl groups is 1. The Balaban J connectivity index is 1.89. The Labute approximate surface area is 128 Å². The molecule has 1 unspecified atom stereocenters. The lowest BCUT2D eigenvalue weighted by Gasteiger charge is -2.08.